The number of rotatable bonds is 2. The van der Waals surface area contributed by atoms with Crippen LogP contribution in [0.3, 0.4) is 0 Å². The predicted molar refractivity (Wildman–Crippen MR) is 95.2 cm³/mol. The lowest BCUT2D eigenvalue weighted by Gasteiger charge is -2.64. The molecule has 144 valence electrons. The summed E-state index contributed by atoms with van der Waals surface area (Å²) in [5, 5.41) is 20.3. The number of carbonyl (C=O) groups excluding carboxylic acids is 1. The minimum atomic E-state index is -0.775. The van der Waals surface area contributed by atoms with Crippen LogP contribution in [-0.4, -0.2) is 35.4 Å². The maximum atomic E-state index is 12.7. The number of aliphatic hydroxyl groups is 1. The van der Waals surface area contributed by atoms with Crippen LogP contribution in [-0.2, 0) is 14.3 Å². The van der Waals surface area contributed by atoms with E-state index in [4.69, 9.17) is 4.74 Å². The molecule has 3 saturated carbocycles. The van der Waals surface area contributed by atoms with E-state index < -0.39 is 17.5 Å². The lowest BCUT2D eigenvalue weighted by Crippen LogP contribution is -2.60. The summed E-state index contributed by atoms with van der Waals surface area (Å²) in [6.45, 7) is 4.20. The number of aliphatic carboxylic acids is 1. The number of allylic oxidation sites excluding steroid dienone is 1. The number of esters is 1. The fourth-order valence-corrected chi connectivity index (χ4v) is 7.77. The van der Waals surface area contributed by atoms with Crippen molar-refractivity contribution in [3.05, 3.63) is 11.6 Å². The Morgan fingerprint density at radius 2 is 1.85 bits per heavy atom. The van der Waals surface area contributed by atoms with Crippen LogP contribution in [0.1, 0.15) is 58.8 Å². The number of fused-ring (bicyclic) bond motifs is 3. The first-order valence-corrected chi connectivity index (χ1v) is 9.89. The van der Waals surface area contributed by atoms with E-state index in [1.165, 1.54) is 7.11 Å². The van der Waals surface area contributed by atoms with Gasteiger partial charge in [0, 0.05) is 5.57 Å². The Hall–Kier alpha value is -1.36. The van der Waals surface area contributed by atoms with E-state index in [9.17, 15) is 19.8 Å². The van der Waals surface area contributed by atoms with Crippen LogP contribution in [0.5, 0.6) is 0 Å². The molecule has 0 saturated heterocycles. The molecule has 4 rings (SSSR count). The van der Waals surface area contributed by atoms with Gasteiger partial charge in [-0.2, -0.15) is 0 Å². The zero-order valence-corrected chi connectivity index (χ0v) is 16.0. The third kappa shape index (κ3) is 2.19. The second kappa shape index (κ2) is 5.57. The quantitative estimate of drug-likeness (QED) is 0.737. The molecule has 7 atom stereocenters. The van der Waals surface area contributed by atoms with Gasteiger partial charge in [-0.05, 0) is 80.5 Å². The molecule has 0 aromatic rings. The monoisotopic (exact) mass is 362 g/mol. The van der Waals surface area contributed by atoms with Gasteiger partial charge in [-0.25, -0.2) is 4.79 Å². The minimum Gasteiger partial charge on any atom is -0.478 e. The molecule has 4 aliphatic rings. The van der Waals surface area contributed by atoms with Crippen molar-refractivity contribution < 1.29 is 24.5 Å². The number of carboxylic acid groups (broad SMARTS) is 1. The van der Waals surface area contributed by atoms with Gasteiger partial charge >= 0.3 is 11.9 Å². The highest BCUT2D eigenvalue weighted by atomic mass is 16.5. The maximum Gasteiger partial charge on any atom is 0.331 e. The highest BCUT2D eigenvalue weighted by Gasteiger charge is 2.66. The Morgan fingerprint density at radius 1 is 1.12 bits per heavy atom. The van der Waals surface area contributed by atoms with E-state index >= 15 is 0 Å². The van der Waals surface area contributed by atoms with Crippen molar-refractivity contribution in [1.29, 1.82) is 0 Å². The summed E-state index contributed by atoms with van der Waals surface area (Å²) in [4.78, 5) is 24.4. The van der Waals surface area contributed by atoms with E-state index in [-0.39, 0.29) is 28.6 Å². The third-order valence-electron chi connectivity index (χ3n) is 8.50. The lowest BCUT2D eigenvalue weighted by molar-refractivity contribution is -0.194. The third-order valence-corrected chi connectivity index (χ3v) is 8.50. The fraction of sp³-hybridized carbons (Fsp3) is 0.810. The Bertz CT molecular complexity index is 684. The second-order valence-electron chi connectivity index (χ2n) is 9.74. The van der Waals surface area contributed by atoms with Gasteiger partial charge < -0.3 is 14.9 Å². The number of hydrogen-bond donors (Lipinski definition) is 2. The number of ether oxygens (including phenoxy) is 1. The van der Waals surface area contributed by atoms with Gasteiger partial charge in [0.05, 0.1) is 18.6 Å². The van der Waals surface area contributed by atoms with Crippen molar-refractivity contribution in [2.45, 2.75) is 64.9 Å². The van der Waals surface area contributed by atoms with E-state index in [0.29, 0.717) is 24.3 Å². The van der Waals surface area contributed by atoms with E-state index in [0.717, 1.165) is 32.1 Å². The summed E-state index contributed by atoms with van der Waals surface area (Å²) >= 11 is 0. The molecule has 0 aromatic carbocycles. The highest BCUT2D eigenvalue weighted by molar-refractivity contribution is 5.88. The smallest absolute Gasteiger partial charge is 0.331 e. The van der Waals surface area contributed by atoms with Crippen molar-refractivity contribution >= 4 is 11.9 Å². The van der Waals surface area contributed by atoms with Crippen LogP contribution in [0.15, 0.2) is 11.6 Å². The molecular weight excluding hydrogens is 332 g/mol. The second-order valence-corrected chi connectivity index (χ2v) is 9.74. The zero-order valence-electron chi connectivity index (χ0n) is 16.0. The molecule has 0 aliphatic heterocycles. The molecule has 1 spiro atoms. The Balaban J connectivity index is 1.77. The maximum absolute atomic E-state index is 12.7. The molecule has 5 nitrogen and oxygen atoms in total. The van der Waals surface area contributed by atoms with Gasteiger partial charge in [-0.15, -0.1) is 0 Å². The highest BCUT2D eigenvalue weighted by Crippen LogP contribution is 2.70. The largest absolute Gasteiger partial charge is 0.478 e. The average Bonchev–Trinajstić information content (AvgIpc) is 2.84. The van der Waals surface area contributed by atoms with E-state index in [1.54, 1.807) is 0 Å². The SMILES string of the molecule is COC(=O)[C@]1(C)C[C@@H](O)C[C@@]2(C)[C@@H]3CC[C@@H]4C[C@]3(C=C4C(=O)O)CC[C@@H]21. The molecule has 2 N–H and O–H groups in total. The normalized spacial score (nSPS) is 49.6. The molecule has 0 aromatic heterocycles. The molecule has 3 fully saturated rings. The van der Waals surface area contributed by atoms with Gasteiger partial charge in [0.15, 0.2) is 0 Å². The van der Waals surface area contributed by atoms with Crippen LogP contribution in [0.2, 0.25) is 0 Å². The zero-order chi connectivity index (χ0) is 18.9. The van der Waals surface area contributed by atoms with Crippen molar-refractivity contribution in [2.24, 2.45) is 34.0 Å². The first kappa shape index (κ1) is 18.0. The molecule has 2 bridgehead atoms. The predicted octanol–water partition coefficient (Wildman–Crippen LogP) is 3.16. The lowest BCUT2D eigenvalue weighted by atomic mass is 9.40. The number of hydrogen-bond acceptors (Lipinski definition) is 4. The summed E-state index contributed by atoms with van der Waals surface area (Å²) in [5.74, 6) is -0.335. The first-order chi connectivity index (χ1) is 12.2. The molecule has 0 amide bonds. The summed E-state index contributed by atoms with van der Waals surface area (Å²) in [6.07, 6.45) is 7.33. The number of carbonyl (C=O) groups is 2. The summed E-state index contributed by atoms with van der Waals surface area (Å²) in [6, 6.07) is 0. The van der Waals surface area contributed by atoms with Gasteiger partial charge in [-0.1, -0.05) is 13.0 Å². The molecular formula is C21H30O5. The van der Waals surface area contributed by atoms with Crippen LogP contribution in [0.25, 0.3) is 0 Å². The van der Waals surface area contributed by atoms with Gasteiger partial charge in [-0.3, -0.25) is 4.79 Å². The first-order valence-electron chi connectivity index (χ1n) is 9.89. The Morgan fingerprint density at radius 3 is 2.50 bits per heavy atom. The number of methoxy groups -OCH3 is 1. The van der Waals surface area contributed by atoms with Crippen LogP contribution >= 0.6 is 0 Å². The topological polar surface area (TPSA) is 83.8 Å². The Labute approximate surface area is 154 Å². The molecule has 0 radical (unpaired) electrons. The molecule has 5 heteroatoms. The molecule has 26 heavy (non-hydrogen) atoms. The Kier molecular flexibility index (Phi) is 3.86. The molecule has 0 unspecified atom stereocenters. The van der Waals surface area contributed by atoms with E-state index in [1.807, 2.05) is 6.92 Å². The van der Waals surface area contributed by atoms with E-state index in [2.05, 4.69) is 13.0 Å². The van der Waals surface area contributed by atoms with Crippen LogP contribution in [0, 0.1) is 34.0 Å². The van der Waals surface area contributed by atoms with Crippen LogP contribution < -0.4 is 0 Å². The van der Waals surface area contributed by atoms with Crippen molar-refractivity contribution in [1.82, 2.24) is 0 Å². The summed E-state index contributed by atoms with van der Waals surface area (Å²) in [7, 11) is 1.43. The van der Waals surface area contributed by atoms with Gasteiger partial charge in [0.25, 0.3) is 0 Å². The number of aliphatic hydroxyl groups excluding tert-OH is 1. The van der Waals surface area contributed by atoms with Crippen molar-refractivity contribution in [3.8, 4) is 0 Å². The summed E-state index contributed by atoms with van der Waals surface area (Å²) < 4.78 is 5.14. The fourth-order valence-electron chi connectivity index (χ4n) is 7.77. The van der Waals surface area contributed by atoms with Crippen molar-refractivity contribution in [3.63, 3.8) is 0 Å². The molecule has 0 heterocycles. The summed E-state index contributed by atoms with van der Waals surface area (Å²) in [5.41, 5.74) is -0.316. The van der Waals surface area contributed by atoms with Crippen LogP contribution in [0.4, 0.5) is 0 Å². The van der Waals surface area contributed by atoms with Gasteiger partial charge in [0.1, 0.15) is 0 Å². The standard InChI is InChI=1S/C21H30O5/c1-19-9-13(22)10-20(2,18(25)26-3)15(19)6-7-21-8-12(4-5-16(19)21)14(11-21)17(23)24/h11-13,15-16,22H,4-10H2,1-3H3,(H,23,24)/t12-,13+,15+,16+,19-,20-,21+/m1/s1. The van der Waals surface area contributed by atoms with Gasteiger partial charge in [0.2, 0.25) is 0 Å². The number of carboxylic acids is 1. The molecule has 4 aliphatic carbocycles. The van der Waals surface area contributed by atoms with Crippen molar-refractivity contribution in [2.75, 3.05) is 7.11 Å². The average molecular weight is 362 g/mol. The minimum absolute atomic E-state index is 0.0734.